The van der Waals surface area contributed by atoms with Crippen molar-refractivity contribution in [2.24, 2.45) is 11.8 Å². The van der Waals surface area contributed by atoms with Crippen LogP contribution in [0.5, 0.6) is 0 Å². The Balaban J connectivity index is 1.99. The van der Waals surface area contributed by atoms with E-state index in [0.717, 1.165) is 0 Å². The molecule has 1 aliphatic heterocycles. The highest BCUT2D eigenvalue weighted by atomic mass is 16.3. The lowest BCUT2D eigenvalue weighted by Gasteiger charge is -2.31. The number of carbonyl (C=O) groups is 8. The van der Waals surface area contributed by atoms with Crippen molar-refractivity contribution >= 4 is 47.3 Å². The number of amides is 8. The SMILES string of the molecule is CCC(C)C1NC(=O)C(C(C)O)NC(=O)CNC(=O)CNC(=O)C(Cc2ccccc2)NC(=O)CNC(=O)C(Cc2ccccc2)NC(=O)C(C(C)CC)NC1=O. The quantitative estimate of drug-likeness (QED) is 0.147. The standard InChI is InChI=1S/C40H56N8O9/c1-6-23(3)33-38(55)45-29(19-27-16-12-9-13-17-27)37(54)43-22-31(51)44-28(18-26-14-10-8-11-15-26)36(53)42-20-30(50)41-21-32(52)46-35(25(5)49)40(57)48-34(24(4)7-2)39(56)47-33/h8-17,23-25,28-29,33-35,49H,6-7,18-22H2,1-5H3,(H,41,50)(H,42,53)(H,43,54)(H,44,51)(H,45,55)(H,46,52)(H,47,56)(H,48,57). The molecule has 0 aromatic heterocycles. The third-order valence-electron chi connectivity index (χ3n) is 9.81. The highest BCUT2D eigenvalue weighted by Gasteiger charge is 2.36. The van der Waals surface area contributed by atoms with Gasteiger partial charge < -0.3 is 47.6 Å². The molecular formula is C40H56N8O9. The van der Waals surface area contributed by atoms with Crippen molar-refractivity contribution in [1.29, 1.82) is 0 Å². The first-order chi connectivity index (χ1) is 27.1. The molecule has 0 saturated carbocycles. The van der Waals surface area contributed by atoms with Crippen molar-refractivity contribution < 1.29 is 43.5 Å². The van der Waals surface area contributed by atoms with E-state index < -0.39 is 115 Å². The van der Waals surface area contributed by atoms with E-state index in [9.17, 15) is 43.5 Å². The van der Waals surface area contributed by atoms with Crippen molar-refractivity contribution in [1.82, 2.24) is 42.5 Å². The molecule has 8 unspecified atom stereocenters. The molecule has 9 N–H and O–H groups in total. The monoisotopic (exact) mass is 792 g/mol. The number of hydrogen-bond acceptors (Lipinski definition) is 9. The summed E-state index contributed by atoms with van der Waals surface area (Å²) in [6.07, 6.45) is -0.496. The second kappa shape index (κ2) is 22.6. The molecule has 0 aliphatic carbocycles. The van der Waals surface area contributed by atoms with Crippen LogP contribution in [0.4, 0.5) is 0 Å². The molecule has 310 valence electrons. The van der Waals surface area contributed by atoms with Gasteiger partial charge in [-0.05, 0) is 29.9 Å². The van der Waals surface area contributed by atoms with Gasteiger partial charge in [-0.2, -0.15) is 0 Å². The lowest BCUT2D eigenvalue weighted by atomic mass is 9.94. The van der Waals surface area contributed by atoms with Crippen molar-refractivity contribution in [2.75, 3.05) is 19.6 Å². The van der Waals surface area contributed by atoms with E-state index in [-0.39, 0.29) is 12.8 Å². The van der Waals surface area contributed by atoms with Crippen LogP contribution in [0.2, 0.25) is 0 Å². The molecule has 17 heteroatoms. The lowest BCUT2D eigenvalue weighted by molar-refractivity contribution is -0.137. The molecule has 17 nitrogen and oxygen atoms in total. The van der Waals surface area contributed by atoms with Crippen LogP contribution in [0.25, 0.3) is 0 Å². The van der Waals surface area contributed by atoms with Gasteiger partial charge in [-0.1, -0.05) is 101 Å². The zero-order valence-corrected chi connectivity index (χ0v) is 33.1. The van der Waals surface area contributed by atoms with Gasteiger partial charge >= 0.3 is 0 Å². The van der Waals surface area contributed by atoms with Gasteiger partial charge in [-0.15, -0.1) is 0 Å². The minimum Gasteiger partial charge on any atom is -0.391 e. The molecule has 3 rings (SSSR count). The Labute approximate surface area is 332 Å². The molecule has 1 fully saturated rings. The maximum atomic E-state index is 14.0. The summed E-state index contributed by atoms with van der Waals surface area (Å²) in [6, 6.07) is 11.3. The zero-order chi connectivity index (χ0) is 42.1. The van der Waals surface area contributed by atoms with Gasteiger partial charge in [0, 0.05) is 12.8 Å². The van der Waals surface area contributed by atoms with Gasteiger partial charge in [0.2, 0.25) is 47.3 Å². The molecule has 2 aromatic carbocycles. The van der Waals surface area contributed by atoms with Crippen molar-refractivity contribution in [2.45, 2.75) is 96.6 Å². The highest BCUT2D eigenvalue weighted by molar-refractivity contribution is 5.97. The average Bonchev–Trinajstić information content (AvgIpc) is 3.20. The molecule has 8 amide bonds. The number of rotatable bonds is 9. The van der Waals surface area contributed by atoms with Crippen molar-refractivity contribution in [3.63, 3.8) is 0 Å². The van der Waals surface area contributed by atoms with Crippen LogP contribution < -0.4 is 42.5 Å². The minimum absolute atomic E-state index is 0.0281. The summed E-state index contributed by atoms with van der Waals surface area (Å²) >= 11 is 0. The van der Waals surface area contributed by atoms with E-state index in [2.05, 4.69) is 42.5 Å². The van der Waals surface area contributed by atoms with E-state index in [1.807, 2.05) is 6.92 Å². The Morgan fingerprint density at radius 3 is 1.33 bits per heavy atom. The van der Waals surface area contributed by atoms with Gasteiger partial charge in [-0.3, -0.25) is 38.4 Å². The molecule has 8 atom stereocenters. The maximum absolute atomic E-state index is 14.0. The molecule has 1 heterocycles. The number of benzene rings is 2. The molecule has 0 spiro atoms. The Kier molecular flexibility index (Phi) is 18.1. The molecule has 57 heavy (non-hydrogen) atoms. The third kappa shape index (κ3) is 14.6. The number of nitrogens with one attached hydrogen (secondary N) is 8. The predicted molar refractivity (Wildman–Crippen MR) is 210 cm³/mol. The second-order valence-corrected chi connectivity index (χ2v) is 14.3. The zero-order valence-electron chi connectivity index (χ0n) is 33.1. The van der Waals surface area contributed by atoms with E-state index >= 15 is 0 Å². The van der Waals surface area contributed by atoms with Gasteiger partial charge in [0.05, 0.1) is 25.7 Å². The molecule has 2 aromatic rings. The van der Waals surface area contributed by atoms with E-state index in [4.69, 9.17) is 0 Å². The van der Waals surface area contributed by atoms with E-state index in [0.29, 0.717) is 24.0 Å². The van der Waals surface area contributed by atoms with Gasteiger partial charge in [-0.25, -0.2) is 0 Å². The first-order valence-corrected chi connectivity index (χ1v) is 19.2. The van der Waals surface area contributed by atoms with Gasteiger partial charge in [0.1, 0.15) is 30.2 Å². The van der Waals surface area contributed by atoms with Crippen LogP contribution in [0, 0.1) is 11.8 Å². The highest BCUT2D eigenvalue weighted by Crippen LogP contribution is 2.14. The molecule has 0 bridgehead atoms. The summed E-state index contributed by atoms with van der Waals surface area (Å²) in [6.45, 7) is 6.57. The predicted octanol–water partition coefficient (Wildman–Crippen LogP) is -1.27. The van der Waals surface area contributed by atoms with Crippen LogP contribution in [0.3, 0.4) is 0 Å². The minimum atomic E-state index is -1.53. The Morgan fingerprint density at radius 1 is 0.491 bits per heavy atom. The summed E-state index contributed by atoms with van der Waals surface area (Å²) in [4.78, 5) is 107. The number of aliphatic hydroxyl groups is 1. The average molecular weight is 793 g/mol. The Hall–Kier alpha value is -5.84. The molecule has 1 saturated heterocycles. The normalized spacial score (nSPS) is 24.4. The van der Waals surface area contributed by atoms with Gasteiger partial charge in [0.25, 0.3) is 0 Å². The van der Waals surface area contributed by atoms with Crippen LogP contribution in [0.1, 0.15) is 58.6 Å². The smallest absolute Gasteiger partial charge is 0.245 e. The molecule has 0 radical (unpaired) electrons. The summed E-state index contributed by atoms with van der Waals surface area (Å²) in [7, 11) is 0. The summed E-state index contributed by atoms with van der Waals surface area (Å²) in [5.41, 5.74) is 1.39. The lowest BCUT2D eigenvalue weighted by Crippen LogP contribution is -2.62. The van der Waals surface area contributed by atoms with Crippen molar-refractivity contribution in [3.05, 3.63) is 71.8 Å². The van der Waals surface area contributed by atoms with Crippen LogP contribution in [0.15, 0.2) is 60.7 Å². The topological polar surface area (TPSA) is 253 Å². The summed E-state index contributed by atoms with van der Waals surface area (Å²) in [5, 5.41) is 30.8. The van der Waals surface area contributed by atoms with Crippen LogP contribution >= 0.6 is 0 Å². The fourth-order valence-electron chi connectivity index (χ4n) is 5.97. The summed E-state index contributed by atoms with van der Waals surface area (Å²) in [5.74, 6) is -6.95. The molecule has 1 aliphatic rings. The summed E-state index contributed by atoms with van der Waals surface area (Å²) < 4.78 is 0. The Bertz CT molecular complexity index is 1710. The largest absolute Gasteiger partial charge is 0.391 e. The van der Waals surface area contributed by atoms with Crippen molar-refractivity contribution in [3.8, 4) is 0 Å². The fourth-order valence-corrected chi connectivity index (χ4v) is 5.97. The maximum Gasteiger partial charge on any atom is 0.245 e. The first-order valence-electron chi connectivity index (χ1n) is 19.2. The van der Waals surface area contributed by atoms with E-state index in [1.165, 1.54) is 6.92 Å². The van der Waals surface area contributed by atoms with Crippen LogP contribution in [-0.4, -0.2) is 108 Å². The van der Waals surface area contributed by atoms with Crippen LogP contribution in [-0.2, 0) is 51.2 Å². The van der Waals surface area contributed by atoms with Gasteiger partial charge in [0.15, 0.2) is 0 Å². The molecular weight excluding hydrogens is 736 g/mol. The number of aliphatic hydroxyl groups excluding tert-OH is 1. The fraction of sp³-hybridized carbons (Fsp3) is 0.500. The number of hydrogen-bond donors (Lipinski definition) is 9. The first kappa shape index (κ1) is 45.5. The Morgan fingerprint density at radius 2 is 0.877 bits per heavy atom. The third-order valence-corrected chi connectivity index (χ3v) is 9.81. The second-order valence-electron chi connectivity index (χ2n) is 14.3. The van der Waals surface area contributed by atoms with E-state index in [1.54, 1.807) is 81.4 Å². The number of carbonyl (C=O) groups excluding carboxylic acids is 8.